The molecule has 0 bridgehead atoms. The summed E-state index contributed by atoms with van der Waals surface area (Å²) in [4.78, 5) is 13.8. The van der Waals surface area contributed by atoms with Crippen LogP contribution in [0.2, 0.25) is 0 Å². The molecule has 0 unspecified atom stereocenters. The Morgan fingerprint density at radius 2 is 2.18 bits per heavy atom. The molecule has 1 aliphatic rings. The molecule has 2 N–H and O–H groups in total. The lowest BCUT2D eigenvalue weighted by Gasteiger charge is -2.38. The SMILES string of the molecule is C[C@H]1CCCN(C(=O)Nc2cccc(C(F)(F)F)c2)[C@@H]1CO. The highest BCUT2D eigenvalue weighted by atomic mass is 19.4. The van der Waals surface area contributed by atoms with Crippen molar-refractivity contribution in [3.05, 3.63) is 29.8 Å². The van der Waals surface area contributed by atoms with E-state index < -0.39 is 17.8 Å². The molecule has 1 fully saturated rings. The van der Waals surface area contributed by atoms with Gasteiger partial charge in [0.2, 0.25) is 0 Å². The highest BCUT2D eigenvalue weighted by molar-refractivity contribution is 5.89. The van der Waals surface area contributed by atoms with E-state index >= 15 is 0 Å². The first kappa shape index (κ1) is 16.6. The number of nitrogens with one attached hydrogen (secondary N) is 1. The van der Waals surface area contributed by atoms with Crippen molar-refractivity contribution in [1.29, 1.82) is 0 Å². The van der Waals surface area contributed by atoms with Crippen LogP contribution in [0.4, 0.5) is 23.7 Å². The van der Waals surface area contributed by atoms with Crippen LogP contribution in [0, 0.1) is 5.92 Å². The van der Waals surface area contributed by atoms with E-state index in [9.17, 15) is 23.1 Å². The van der Waals surface area contributed by atoms with Gasteiger partial charge in [0, 0.05) is 12.2 Å². The van der Waals surface area contributed by atoms with Gasteiger partial charge in [0.25, 0.3) is 0 Å². The summed E-state index contributed by atoms with van der Waals surface area (Å²) >= 11 is 0. The number of urea groups is 1. The number of rotatable bonds is 2. The molecule has 0 radical (unpaired) electrons. The van der Waals surface area contributed by atoms with Crippen molar-refractivity contribution < 1.29 is 23.1 Å². The molecule has 0 aromatic heterocycles. The first-order chi connectivity index (χ1) is 10.3. The number of hydrogen-bond acceptors (Lipinski definition) is 2. The topological polar surface area (TPSA) is 52.6 Å². The molecule has 1 saturated heterocycles. The molecule has 1 aliphatic heterocycles. The number of alkyl halides is 3. The summed E-state index contributed by atoms with van der Waals surface area (Å²) < 4.78 is 38.0. The van der Waals surface area contributed by atoms with Gasteiger partial charge in [0.05, 0.1) is 18.2 Å². The van der Waals surface area contributed by atoms with E-state index in [1.54, 1.807) is 0 Å². The van der Waals surface area contributed by atoms with E-state index in [1.807, 2.05) is 6.92 Å². The number of piperidine rings is 1. The Bertz CT molecular complexity index is 534. The molecule has 0 spiro atoms. The zero-order valence-corrected chi connectivity index (χ0v) is 12.2. The Hall–Kier alpha value is -1.76. The second-order valence-electron chi connectivity index (χ2n) is 5.57. The Morgan fingerprint density at radius 3 is 2.82 bits per heavy atom. The van der Waals surface area contributed by atoms with E-state index in [2.05, 4.69) is 5.32 Å². The van der Waals surface area contributed by atoms with Crippen molar-refractivity contribution in [1.82, 2.24) is 4.90 Å². The van der Waals surface area contributed by atoms with Crippen LogP contribution in [0.25, 0.3) is 0 Å². The summed E-state index contributed by atoms with van der Waals surface area (Å²) in [6.07, 6.45) is -2.72. The summed E-state index contributed by atoms with van der Waals surface area (Å²) in [7, 11) is 0. The molecule has 122 valence electrons. The fourth-order valence-corrected chi connectivity index (χ4v) is 2.75. The number of likely N-dealkylation sites (tertiary alicyclic amines) is 1. The molecule has 22 heavy (non-hydrogen) atoms. The minimum absolute atomic E-state index is 0.0924. The summed E-state index contributed by atoms with van der Waals surface area (Å²) in [5, 5.41) is 11.9. The zero-order valence-electron chi connectivity index (χ0n) is 12.2. The minimum Gasteiger partial charge on any atom is -0.394 e. The van der Waals surface area contributed by atoms with Gasteiger partial charge in [-0.3, -0.25) is 0 Å². The molecule has 2 amide bonds. The predicted molar refractivity (Wildman–Crippen MR) is 76.4 cm³/mol. The summed E-state index contributed by atoms with van der Waals surface area (Å²) in [5.74, 6) is 0.158. The van der Waals surface area contributed by atoms with Gasteiger partial charge < -0.3 is 15.3 Å². The number of halogens is 3. The second kappa shape index (κ2) is 6.56. The van der Waals surface area contributed by atoms with Crippen LogP contribution in [0.15, 0.2) is 24.3 Å². The fraction of sp³-hybridized carbons (Fsp3) is 0.533. The lowest BCUT2D eigenvalue weighted by atomic mass is 9.91. The Morgan fingerprint density at radius 1 is 1.45 bits per heavy atom. The first-order valence-corrected chi connectivity index (χ1v) is 7.18. The van der Waals surface area contributed by atoms with Gasteiger partial charge in [-0.05, 0) is 37.0 Å². The predicted octanol–water partition coefficient (Wildman–Crippen LogP) is 3.33. The second-order valence-corrected chi connectivity index (χ2v) is 5.57. The number of nitrogens with zero attached hydrogens (tertiary/aromatic N) is 1. The Balaban J connectivity index is 2.11. The number of benzene rings is 1. The van der Waals surface area contributed by atoms with Gasteiger partial charge >= 0.3 is 12.2 Å². The first-order valence-electron chi connectivity index (χ1n) is 7.18. The quantitative estimate of drug-likeness (QED) is 0.879. The van der Waals surface area contributed by atoms with E-state index in [-0.39, 0.29) is 24.3 Å². The van der Waals surface area contributed by atoms with E-state index in [4.69, 9.17) is 0 Å². The standard InChI is InChI=1S/C15H19F3N2O2/c1-10-4-3-7-20(13(10)9-21)14(22)19-12-6-2-5-11(8-12)15(16,17)18/h2,5-6,8,10,13,21H,3-4,7,9H2,1H3,(H,19,22)/t10-,13+/m0/s1. The van der Waals surface area contributed by atoms with Crippen molar-refractivity contribution in [2.75, 3.05) is 18.5 Å². The van der Waals surface area contributed by atoms with Crippen LogP contribution in [0.1, 0.15) is 25.3 Å². The number of carbonyl (C=O) groups is 1. The molecule has 0 aliphatic carbocycles. The minimum atomic E-state index is -4.45. The smallest absolute Gasteiger partial charge is 0.394 e. The number of aliphatic hydroxyl groups is 1. The van der Waals surface area contributed by atoms with Crippen molar-refractivity contribution >= 4 is 11.7 Å². The number of aliphatic hydroxyl groups excluding tert-OH is 1. The third-order valence-corrected chi connectivity index (χ3v) is 4.00. The number of hydrogen-bond donors (Lipinski definition) is 2. The van der Waals surface area contributed by atoms with Gasteiger partial charge in [-0.15, -0.1) is 0 Å². The van der Waals surface area contributed by atoms with Crippen LogP contribution in [-0.4, -0.2) is 35.2 Å². The third kappa shape index (κ3) is 3.71. The maximum atomic E-state index is 12.7. The van der Waals surface area contributed by atoms with Crippen molar-refractivity contribution in [2.24, 2.45) is 5.92 Å². The molecule has 1 aromatic carbocycles. The average molecular weight is 316 g/mol. The lowest BCUT2D eigenvalue weighted by molar-refractivity contribution is -0.137. The van der Waals surface area contributed by atoms with E-state index in [0.717, 1.165) is 25.0 Å². The monoisotopic (exact) mass is 316 g/mol. The molecule has 7 heteroatoms. The third-order valence-electron chi connectivity index (χ3n) is 4.00. The van der Waals surface area contributed by atoms with Crippen LogP contribution in [0.5, 0.6) is 0 Å². The van der Waals surface area contributed by atoms with Crippen molar-refractivity contribution in [3.8, 4) is 0 Å². The largest absolute Gasteiger partial charge is 0.416 e. The molecule has 2 rings (SSSR count). The molecule has 1 heterocycles. The molecule has 2 atom stereocenters. The van der Waals surface area contributed by atoms with Crippen molar-refractivity contribution in [2.45, 2.75) is 32.0 Å². The molecule has 0 saturated carbocycles. The average Bonchev–Trinajstić information content (AvgIpc) is 2.46. The Kier molecular flexibility index (Phi) is 4.95. The van der Waals surface area contributed by atoms with Gasteiger partial charge in [-0.1, -0.05) is 13.0 Å². The van der Waals surface area contributed by atoms with Gasteiger partial charge in [0.1, 0.15) is 0 Å². The molecule has 4 nitrogen and oxygen atoms in total. The number of carbonyl (C=O) groups excluding carboxylic acids is 1. The van der Waals surface area contributed by atoms with Crippen LogP contribution >= 0.6 is 0 Å². The summed E-state index contributed by atoms with van der Waals surface area (Å²) in [6.45, 7) is 2.28. The lowest BCUT2D eigenvalue weighted by Crippen LogP contribution is -2.51. The fourth-order valence-electron chi connectivity index (χ4n) is 2.75. The number of amides is 2. The molecular formula is C15H19F3N2O2. The van der Waals surface area contributed by atoms with Gasteiger partial charge in [-0.2, -0.15) is 13.2 Å². The van der Waals surface area contributed by atoms with Crippen LogP contribution in [0.3, 0.4) is 0 Å². The molecular weight excluding hydrogens is 297 g/mol. The van der Waals surface area contributed by atoms with Crippen LogP contribution < -0.4 is 5.32 Å². The molecule has 1 aromatic rings. The summed E-state index contributed by atoms with van der Waals surface area (Å²) in [6, 6.07) is 3.73. The van der Waals surface area contributed by atoms with Gasteiger partial charge in [-0.25, -0.2) is 4.79 Å². The Labute approximate surface area is 126 Å². The highest BCUT2D eigenvalue weighted by Crippen LogP contribution is 2.31. The van der Waals surface area contributed by atoms with Gasteiger partial charge in [0.15, 0.2) is 0 Å². The maximum Gasteiger partial charge on any atom is 0.416 e. The highest BCUT2D eigenvalue weighted by Gasteiger charge is 2.32. The van der Waals surface area contributed by atoms with E-state index in [0.29, 0.717) is 6.54 Å². The maximum absolute atomic E-state index is 12.7. The zero-order chi connectivity index (χ0) is 16.3. The number of anilines is 1. The van der Waals surface area contributed by atoms with E-state index in [1.165, 1.54) is 17.0 Å². The normalized spacial score (nSPS) is 22.5. The summed E-state index contributed by atoms with van der Waals surface area (Å²) in [5.41, 5.74) is -0.717. The van der Waals surface area contributed by atoms with Crippen molar-refractivity contribution in [3.63, 3.8) is 0 Å². The van der Waals surface area contributed by atoms with Crippen LogP contribution in [-0.2, 0) is 6.18 Å².